The molecule has 1 rings (SSSR count). The fourth-order valence-corrected chi connectivity index (χ4v) is 1.83. The Morgan fingerprint density at radius 3 is 2.12 bits per heavy atom. The minimum Gasteiger partial charge on any atom is -0.389 e. The lowest BCUT2D eigenvalue weighted by molar-refractivity contribution is 0.199. The Hall–Kier alpha value is -1.02. The summed E-state index contributed by atoms with van der Waals surface area (Å²) in [5, 5.41) is 9.75. The Kier molecular flexibility index (Phi) is 4.36. The molecule has 0 fully saturated rings. The van der Waals surface area contributed by atoms with Crippen molar-refractivity contribution < 1.29 is 5.11 Å². The summed E-state index contributed by atoms with van der Waals surface area (Å²) in [7, 11) is 2.09. The normalized spacial score (nSPS) is 14.9. The lowest BCUT2D eigenvalue weighted by Crippen LogP contribution is -2.33. The van der Waals surface area contributed by atoms with Crippen LogP contribution in [0.2, 0.25) is 0 Å². The number of benzene rings is 1. The molecule has 1 N–H and O–H groups in total. The predicted octanol–water partition coefficient (Wildman–Crippen LogP) is 3.22. The van der Waals surface area contributed by atoms with Crippen molar-refractivity contribution in [1.29, 1.82) is 0 Å². The molecule has 90 valence electrons. The molecule has 16 heavy (non-hydrogen) atoms. The van der Waals surface area contributed by atoms with Crippen LogP contribution in [0.4, 0.5) is 5.69 Å². The van der Waals surface area contributed by atoms with Gasteiger partial charge in [0.25, 0.3) is 0 Å². The highest BCUT2D eigenvalue weighted by atomic mass is 16.3. The SMILES string of the molecule is CC(C)C(C)N(C)c1ccccc1[C@H](C)O. The summed E-state index contributed by atoms with van der Waals surface area (Å²) >= 11 is 0. The maximum Gasteiger partial charge on any atom is 0.0781 e. The van der Waals surface area contributed by atoms with Crippen molar-refractivity contribution >= 4 is 5.69 Å². The number of aliphatic hydroxyl groups excluding tert-OH is 1. The van der Waals surface area contributed by atoms with Gasteiger partial charge in [0.15, 0.2) is 0 Å². The second-order valence-electron chi connectivity index (χ2n) is 4.83. The van der Waals surface area contributed by atoms with Crippen LogP contribution in [-0.4, -0.2) is 18.2 Å². The van der Waals surface area contributed by atoms with E-state index >= 15 is 0 Å². The van der Waals surface area contributed by atoms with Gasteiger partial charge in [-0.2, -0.15) is 0 Å². The number of rotatable bonds is 4. The third-order valence-electron chi connectivity index (χ3n) is 3.34. The lowest BCUT2D eigenvalue weighted by atomic mass is 10.0. The van der Waals surface area contributed by atoms with Gasteiger partial charge in [-0.15, -0.1) is 0 Å². The third kappa shape index (κ3) is 2.76. The average Bonchev–Trinajstić information content (AvgIpc) is 2.26. The monoisotopic (exact) mass is 221 g/mol. The molecule has 1 aromatic rings. The molecule has 2 atom stereocenters. The standard InChI is InChI=1S/C14H23NO/c1-10(2)11(3)15(5)14-9-7-6-8-13(14)12(4)16/h6-12,16H,1-5H3/t11?,12-/m0/s1. The first-order valence-electron chi connectivity index (χ1n) is 5.95. The number of hydrogen-bond acceptors (Lipinski definition) is 2. The van der Waals surface area contributed by atoms with E-state index in [-0.39, 0.29) is 0 Å². The predicted molar refractivity (Wildman–Crippen MR) is 69.8 cm³/mol. The molecule has 2 heteroatoms. The van der Waals surface area contributed by atoms with E-state index in [4.69, 9.17) is 0 Å². The average molecular weight is 221 g/mol. The van der Waals surface area contributed by atoms with Gasteiger partial charge < -0.3 is 10.0 Å². The first-order chi connectivity index (χ1) is 7.45. The van der Waals surface area contributed by atoms with Crippen LogP contribution in [0.1, 0.15) is 39.4 Å². The van der Waals surface area contributed by atoms with Gasteiger partial charge in [0.1, 0.15) is 0 Å². The first kappa shape index (κ1) is 13.0. The van der Waals surface area contributed by atoms with Crippen LogP contribution in [0.25, 0.3) is 0 Å². The van der Waals surface area contributed by atoms with Gasteiger partial charge in [-0.05, 0) is 25.8 Å². The quantitative estimate of drug-likeness (QED) is 0.844. The van der Waals surface area contributed by atoms with Gasteiger partial charge in [-0.25, -0.2) is 0 Å². The largest absolute Gasteiger partial charge is 0.389 e. The molecule has 0 aliphatic heterocycles. The highest BCUT2D eigenvalue weighted by Crippen LogP contribution is 2.27. The smallest absolute Gasteiger partial charge is 0.0781 e. The maximum atomic E-state index is 9.75. The van der Waals surface area contributed by atoms with Gasteiger partial charge in [-0.1, -0.05) is 32.0 Å². The zero-order valence-electron chi connectivity index (χ0n) is 10.9. The molecule has 0 spiro atoms. The van der Waals surface area contributed by atoms with Crippen molar-refractivity contribution in [2.24, 2.45) is 5.92 Å². The van der Waals surface area contributed by atoms with Gasteiger partial charge >= 0.3 is 0 Å². The Morgan fingerprint density at radius 1 is 1.06 bits per heavy atom. The lowest BCUT2D eigenvalue weighted by Gasteiger charge is -2.32. The third-order valence-corrected chi connectivity index (χ3v) is 3.34. The zero-order valence-corrected chi connectivity index (χ0v) is 10.9. The number of anilines is 1. The van der Waals surface area contributed by atoms with E-state index in [1.54, 1.807) is 0 Å². The molecule has 0 radical (unpaired) electrons. The van der Waals surface area contributed by atoms with Crippen LogP contribution in [0.3, 0.4) is 0 Å². The molecule has 0 saturated heterocycles. The number of hydrogen-bond donors (Lipinski definition) is 1. The second kappa shape index (κ2) is 5.35. The molecule has 1 unspecified atom stereocenters. The van der Waals surface area contributed by atoms with Crippen molar-refractivity contribution in [3.05, 3.63) is 29.8 Å². The molecule has 0 aromatic heterocycles. The summed E-state index contributed by atoms with van der Waals surface area (Å²) < 4.78 is 0. The van der Waals surface area contributed by atoms with E-state index in [1.807, 2.05) is 25.1 Å². The van der Waals surface area contributed by atoms with Crippen LogP contribution in [0.15, 0.2) is 24.3 Å². The molecule has 0 aliphatic carbocycles. The van der Waals surface area contributed by atoms with Crippen molar-refractivity contribution in [2.75, 3.05) is 11.9 Å². The van der Waals surface area contributed by atoms with Crippen molar-refractivity contribution in [3.8, 4) is 0 Å². The summed E-state index contributed by atoms with van der Waals surface area (Å²) in [5.41, 5.74) is 2.12. The summed E-state index contributed by atoms with van der Waals surface area (Å²) in [5.74, 6) is 0.590. The number of aliphatic hydroxyl groups is 1. The van der Waals surface area contributed by atoms with Crippen molar-refractivity contribution in [1.82, 2.24) is 0 Å². The topological polar surface area (TPSA) is 23.5 Å². The summed E-state index contributed by atoms with van der Waals surface area (Å²) in [6.45, 7) is 8.45. The second-order valence-corrected chi connectivity index (χ2v) is 4.83. The first-order valence-corrected chi connectivity index (χ1v) is 5.95. The summed E-state index contributed by atoms with van der Waals surface area (Å²) in [6.07, 6.45) is -0.419. The number of nitrogens with zero attached hydrogens (tertiary/aromatic N) is 1. The minimum absolute atomic E-state index is 0.419. The Labute approximate surface area is 98.9 Å². The van der Waals surface area contributed by atoms with E-state index in [0.29, 0.717) is 12.0 Å². The fourth-order valence-electron chi connectivity index (χ4n) is 1.83. The summed E-state index contributed by atoms with van der Waals surface area (Å²) in [4.78, 5) is 2.24. The van der Waals surface area contributed by atoms with E-state index < -0.39 is 6.10 Å². The molecule has 2 nitrogen and oxygen atoms in total. The molecule has 0 bridgehead atoms. The summed E-state index contributed by atoms with van der Waals surface area (Å²) in [6, 6.07) is 8.51. The number of para-hydroxylation sites is 1. The van der Waals surface area contributed by atoms with Gasteiger partial charge in [0, 0.05) is 24.3 Å². The Balaban J connectivity index is 3.03. The van der Waals surface area contributed by atoms with Crippen LogP contribution in [0.5, 0.6) is 0 Å². The minimum atomic E-state index is -0.419. The zero-order chi connectivity index (χ0) is 12.3. The highest BCUT2D eigenvalue weighted by molar-refractivity contribution is 5.54. The van der Waals surface area contributed by atoms with E-state index in [2.05, 4.69) is 38.8 Å². The van der Waals surface area contributed by atoms with E-state index in [1.165, 1.54) is 0 Å². The molecular weight excluding hydrogens is 198 g/mol. The Morgan fingerprint density at radius 2 is 1.62 bits per heavy atom. The van der Waals surface area contributed by atoms with Crippen LogP contribution in [0, 0.1) is 5.92 Å². The van der Waals surface area contributed by atoms with Crippen LogP contribution < -0.4 is 4.90 Å². The highest BCUT2D eigenvalue weighted by Gasteiger charge is 2.17. The molecule has 0 heterocycles. The van der Waals surface area contributed by atoms with E-state index in [9.17, 15) is 5.11 Å². The van der Waals surface area contributed by atoms with Gasteiger partial charge in [-0.3, -0.25) is 0 Å². The van der Waals surface area contributed by atoms with Gasteiger partial charge in [0.2, 0.25) is 0 Å². The molecular formula is C14H23NO. The Bertz CT molecular complexity index is 333. The van der Waals surface area contributed by atoms with Crippen LogP contribution >= 0.6 is 0 Å². The molecule has 0 aliphatic rings. The molecule has 0 amide bonds. The van der Waals surface area contributed by atoms with Crippen LogP contribution in [-0.2, 0) is 0 Å². The fraction of sp³-hybridized carbons (Fsp3) is 0.571. The van der Waals surface area contributed by atoms with Gasteiger partial charge in [0.05, 0.1) is 6.10 Å². The molecule has 0 saturated carbocycles. The van der Waals surface area contributed by atoms with Crippen molar-refractivity contribution in [3.63, 3.8) is 0 Å². The maximum absolute atomic E-state index is 9.75. The molecule has 1 aromatic carbocycles. The van der Waals surface area contributed by atoms with E-state index in [0.717, 1.165) is 11.3 Å². The van der Waals surface area contributed by atoms with Crippen molar-refractivity contribution in [2.45, 2.75) is 39.8 Å².